The lowest BCUT2D eigenvalue weighted by Gasteiger charge is -2.35. The minimum Gasteiger partial charge on any atom is -0.353 e. The van der Waals surface area contributed by atoms with E-state index in [1.165, 1.54) is 12.1 Å². The number of piperazine rings is 1. The van der Waals surface area contributed by atoms with Gasteiger partial charge in [-0.2, -0.15) is 5.10 Å². The summed E-state index contributed by atoms with van der Waals surface area (Å²) in [5.41, 5.74) is 5.25. The highest BCUT2D eigenvalue weighted by Crippen LogP contribution is 2.28. The van der Waals surface area contributed by atoms with Gasteiger partial charge in [-0.25, -0.2) is 4.39 Å². The second kappa shape index (κ2) is 9.17. The SMILES string of the molecule is O=C1NCCN(C(=O)c2n[nH]c3c2CCCCC3)[C@@H]1Cc1ccccc1-c1ccc(F)cc1. The Hall–Kier alpha value is -3.48. The number of carbonyl (C=O) groups excluding carboxylic acids is 2. The van der Waals surface area contributed by atoms with E-state index in [-0.39, 0.29) is 17.6 Å². The molecule has 2 aliphatic rings. The van der Waals surface area contributed by atoms with Gasteiger partial charge in [0.05, 0.1) is 0 Å². The van der Waals surface area contributed by atoms with E-state index in [1.54, 1.807) is 17.0 Å². The molecule has 170 valence electrons. The molecule has 1 aliphatic heterocycles. The number of aromatic nitrogens is 2. The number of H-pyrrole nitrogens is 1. The number of nitrogens with zero attached hydrogens (tertiary/aromatic N) is 2. The Balaban J connectivity index is 1.45. The molecule has 0 saturated carbocycles. The quantitative estimate of drug-likeness (QED) is 0.601. The fourth-order valence-corrected chi connectivity index (χ4v) is 4.95. The number of rotatable bonds is 4. The number of aromatic amines is 1. The minimum absolute atomic E-state index is 0.162. The van der Waals surface area contributed by atoms with Crippen LogP contribution in [0, 0.1) is 5.82 Å². The average Bonchev–Trinajstić information content (AvgIpc) is 3.09. The summed E-state index contributed by atoms with van der Waals surface area (Å²) >= 11 is 0. The van der Waals surface area contributed by atoms with E-state index in [2.05, 4.69) is 15.5 Å². The molecular formula is C26H27FN4O2. The van der Waals surface area contributed by atoms with Gasteiger partial charge in [-0.1, -0.05) is 42.8 Å². The predicted molar refractivity (Wildman–Crippen MR) is 123 cm³/mol. The minimum atomic E-state index is -0.633. The smallest absolute Gasteiger partial charge is 0.275 e. The Bertz CT molecular complexity index is 1170. The van der Waals surface area contributed by atoms with Crippen molar-refractivity contribution in [1.29, 1.82) is 0 Å². The molecule has 33 heavy (non-hydrogen) atoms. The molecule has 0 radical (unpaired) electrons. The van der Waals surface area contributed by atoms with Gasteiger partial charge in [-0.05, 0) is 54.5 Å². The van der Waals surface area contributed by atoms with Crippen LogP contribution < -0.4 is 5.32 Å². The largest absolute Gasteiger partial charge is 0.353 e. The Kier molecular flexibility index (Phi) is 5.94. The van der Waals surface area contributed by atoms with Gasteiger partial charge in [-0.3, -0.25) is 14.7 Å². The molecule has 0 unspecified atom stereocenters. The molecule has 1 fully saturated rings. The van der Waals surface area contributed by atoms with E-state index in [1.807, 2.05) is 24.3 Å². The van der Waals surface area contributed by atoms with Crippen molar-refractivity contribution in [2.75, 3.05) is 13.1 Å². The lowest BCUT2D eigenvalue weighted by atomic mass is 9.93. The topological polar surface area (TPSA) is 78.1 Å². The fourth-order valence-electron chi connectivity index (χ4n) is 4.95. The van der Waals surface area contributed by atoms with Crippen molar-refractivity contribution in [3.8, 4) is 11.1 Å². The third-order valence-electron chi connectivity index (χ3n) is 6.69. The molecule has 2 amide bonds. The molecule has 0 spiro atoms. The van der Waals surface area contributed by atoms with Crippen LogP contribution in [0.3, 0.4) is 0 Å². The maximum absolute atomic E-state index is 13.6. The van der Waals surface area contributed by atoms with Crippen molar-refractivity contribution in [3.05, 3.63) is 76.9 Å². The molecule has 7 heteroatoms. The molecule has 2 aromatic carbocycles. The summed E-state index contributed by atoms with van der Waals surface area (Å²) < 4.78 is 13.4. The molecule has 2 heterocycles. The second-order valence-electron chi connectivity index (χ2n) is 8.76. The number of benzene rings is 2. The first kappa shape index (κ1) is 21.4. The molecule has 0 bridgehead atoms. The van der Waals surface area contributed by atoms with Crippen LogP contribution in [0.25, 0.3) is 11.1 Å². The van der Waals surface area contributed by atoms with Gasteiger partial charge in [0.25, 0.3) is 5.91 Å². The standard InChI is InChI=1S/C26H27FN4O2/c27-19-12-10-17(11-13-19)20-7-5-4-6-18(20)16-23-25(32)28-14-15-31(23)26(33)24-21-8-2-1-3-9-22(21)29-30-24/h4-7,10-13,23H,1-3,8-9,14-16H2,(H,28,32)(H,29,30)/t23-/m1/s1. The predicted octanol–water partition coefficient (Wildman–Crippen LogP) is 3.67. The van der Waals surface area contributed by atoms with Crippen molar-refractivity contribution in [1.82, 2.24) is 20.4 Å². The van der Waals surface area contributed by atoms with Gasteiger partial charge in [0.2, 0.25) is 5.91 Å². The highest BCUT2D eigenvalue weighted by Gasteiger charge is 2.36. The lowest BCUT2D eigenvalue weighted by molar-refractivity contribution is -0.127. The van der Waals surface area contributed by atoms with E-state index in [4.69, 9.17) is 0 Å². The van der Waals surface area contributed by atoms with Gasteiger partial charge >= 0.3 is 0 Å². The molecule has 3 aromatic rings. The van der Waals surface area contributed by atoms with E-state index in [9.17, 15) is 14.0 Å². The van der Waals surface area contributed by atoms with E-state index >= 15 is 0 Å². The Morgan fingerprint density at radius 3 is 2.70 bits per heavy atom. The summed E-state index contributed by atoms with van der Waals surface area (Å²) in [5, 5.41) is 10.4. The van der Waals surface area contributed by atoms with Crippen LogP contribution in [-0.2, 0) is 24.1 Å². The molecule has 2 N–H and O–H groups in total. The fraction of sp³-hybridized carbons (Fsp3) is 0.346. The molecule has 5 rings (SSSR count). The van der Waals surface area contributed by atoms with Crippen molar-refractivity contribution >= 4 is 11.8 Å². The second-order valence-corrected chi connectivity index (χ2v) is 8.76. The molecule has 1 atom stereocenters. The summed E-state index contributed by atoms with van der Waals surface area (Å²) in [7, 11) is 0. The summed E-state index contributed by atoms with van der Waals surface area (Å²) in [6.07, 6.45) is 5.40. The first-order valence-corrected chi connectivity index (χ1v) is 11.6. The number of hydrogen-bond donors (Lipinski definition) is 2. The maximum atomic E-state index is 13.6. The van der Waals surface area contributed by atoms with Crippen molar-refractivity contribution in [2.24, 2.45) is 0 Å². The molecule has 6 nitrogen and oxygen atoms in total. The number of hydrogen-bond acceptors (Lipinski definition) is 3. The highest BCUT2D eigenvalue weighted by atomic mass is 19.1. The molecule has 1 saturated heterocycles. The highest BCUT2D eigenvalue weighted by molar-refractivity contribution is 5.98. The monoisotopic (exact) mass is 446 g/mol. The zero-order valence-electron chi connectivity index (χ0n) is 18.4. The zero-order chi connectivity index (χ0) is 22.8. The summed E-state index contributed by atoms with van der Waals surface area (Å²) in [6.45, 7) is 0.864. The van der Waals surface area contributed by atoms with Crippen LogP contribution in [0.5, 0.6) is 0 Å². The van der Waals surface area contributed by atoms with E-state index < -0.39 is 6.04 Å². The van der Waals surface area contributed by atoms with E-state index in [0.717, 1.165) is 60.1 Å². The maximum Gasteiger partial charge on any atom is 0.275 e. The first-order valence-electron chi connectivity index (χ1n) is 11.6. The van der Waals surface area contributed by atoms with Crippen LogP contribution in [0.4, 0.5) is 4.39 Å². The Labute approximate surface area is 192 Å². The number of fused-ring (bicyclic) bond motifs is 1. The van der Waals surface area contributed by atoms with Crippen molar-refractivity contribution < 1.29 is 14.0 Å². The van der Waals surface area contributed by atoms with Gasteiger partial charge in [0.15, 0.2) is 5.69 Å². The third kappa shape index (κ3) is 4.27. The lowest BCUT2D eigenvalue weighted by Crippen LogP contribution is -2.58. The number of nitrogens with one attached hydrogen (secondary N) is 2. The van der Waals surface area contributed by atoms with Crippen LogP contribution in [0.2, 0.25) is 0 Å². The van der Waals surface area contributed by atoms with Gasteiger partial charge < -0.3 is 10.2 Å². The van der Waals surface area contributed by atoms with E-state index in [0.29, 0.717) is 25.2 Å². The van der Waals surface area contributed by atoms with Crippen molar-refractivity contribution in [3.63, 3.8) is 0 Å². The number of carbonyl (C=O) groups is 2. The van der Waals surface area contributed by atoms with Crippen LogP contribution >= 0.6 is 0 Å². The third-order valence-corrected chi connectivity index (χ3v) is 6.69. The summed E-state index contributed by atoms with van der Waals surface area (Å²) in [6, 6.07) is 13.5. The van der Waals surface area contributed by atoms with Gasteiger partial charge in [-0.15, -0.1) is 0 Å². The first-order chi connectivity index (χ1) is 16.1. The normalized spacial score (nSPS) is 18.4. The molecule has 1 aliphatic carbocycles. The van der Waals surface area contributed by atoms with Gasteiger partial charge in [0, 0.05) is 30.8 Å². The zero-order valence-corrected chi connectivity index (χ0v) is 18.4. The van der Waals surface area contributed by atoms with Crippen LogP contribution in [0.1, 0.15) is 46.6 Å². The summed E-state index contributed by atoms with van der Waals surface area (Å²) in [5.74, 6) is -0.642. The average molecular weight is 447 g/mol. The number of halogens is 1. The van der Waals surface area contributed by atoms with Crippen molar-refractivity contribution in [2.45, 2.75) is 44.6 Å². The molecule has 1 aromatic heterocycles. The summed E-state index contributed by atoms with van der Waals surface area (Å²) in [4.78, 5) is 28.2. The van der Waals surface area contributed by atoms with Gasteiger partial charge in [0.1, 0.15) is 11.9 Å². The Morgan fingerprint density at radius 1 is 1.06 bits per heavy atom. The molecular weight excluding hydrogens is 419 g/mol. The Morgan fingerprint density at radius 2 is 1.85 bits per heavy atom. The van der Waals surface area contributed by atoms with Crippen LogP contribution in [-0.4, -0.2) is 46.0 Å². The number of aryl methyl sites for hydroxylation is 1. The van der Waals surface area contributed by atoms with Crippen LogP contribution in [0.15, 0.2) is 48.5 Å². The number of amides is 2.